The first-order valence-electron chi connectivity index (χ1n) is 6.21. The van der Waals surface area contributed by atoms with Gasteiger partial charge in [0.15, 0.2) is 5.78 Å². The van der Waals surface area contributed by atoms with Gasteiger partial charge in [-0.2, -0.15) is 0 Å². The van der Waals surface area contributed by atoms with Gasteiger partial charge in [0.2, 0.25) is 5.78 Å². The molecule has 0 aliphatic heterocycles. The molecule has 0 fully saturated rings. The summed E-state index contributed by atoms with van der Waals surface area (Å²) in [6.45, 7) is 1.85. The summed E-state index contributed by atoms with van der Waals surface area (Å²) in [5.41, 5.74) is 0.930. The molecule has 0 saturated heterocycles. The number of rotatable bonds is 2. The summed E-state index contributed by atoms with van der Waals surface area (Å²) in [7, 11) is -3.90. The summed E-state index contributed by atoms with van der Waals surface area (Å²) in [4.78, 5) is 23.7. The molecule has 1 aromatic carbocycles. The summed E-state index contributed by atoms with van der Waals surface area (Å²) in [5, 5.41) is 0. The van der Waals surface area contributed by atoms with Gasteiger partial charge in [-0.1, -0.05) is 17.7 Å². The van der Waals surface area contributed by atoms with Crippen molar-refractivity contribution in [1.29, 1.82) is 0 Å². The highest BCUT2D eigenvalue weighted by Gasteiger charge is 2.29. The van der Waals surface area contributed by atoms with Crippen LogP contribution in [0.25, 0.3) is 0 Å². The third-order valence-electron chi connectivity index (χ3n) is 3.31. The minimum atomic E-state index is -3.90. The van der Waals surface area contributed by atoms with E-state index in [0.717, 1.165) is 21.7 Å². The molecule has 0 atom stereocenters. The van der Waals surface area contributed by atoms with Crippen LogP contribution < -0.4 is 0 Å². The van der Waals surface area contributed by atoms with Gasteiger partial charge in [0.1, 0.15) is 5.69 Å². The van der Waals surface area contributed by atoms with E-state index in [1.54, 1.807) is 12.1 Å². The number of allylic oxidation sites excluding steroid dienone is 2. The van der Waals surface area contributed by atoms with Gasteiger partial charge >= 0.3 is 0 Å². The molecule has 0 saturated carbocycles. The van der Waals surface area contributed by atoms with Crippen LogP contribution in [0.4, 0.5) is 0 Å². The van der Waals surface area contributed by atoms with Crippen LogP contribution in [0.2, 0.25) is 0 Å². The van der Waals surface area contributed by atoms with Crippen LogP contribution in [0.3, 0.4) is 0 Å². The lowest BCUT2D eigenvalue weighted by atomic mass is 10.0. The van der Waals surface area contributed by atoms with Gasteiger partial charge in [0, 0.05) is 6.20 Å². The third kappa shape index (κ3) is 2.04. The lowest BCUT2D eigenvalue weighted by Crippen LogP contribution is -2.20. The van der Waals surface area contributed by atoms with Gasteiger partial charge in [-0.25, -0.2) is 12.4 Å². The molecule has 1 heterocycles. The van der Waals surface area contributed by atoms with Crippen molar-refractivity contribution in [2.45, 2.75) is 11.8 Å². The maximum atomic E-state index is 12.6. The van der Waals surface area contributed by atoms with E-state index in [4.69, 9.17) is 0 Å². The molecule has 3 rings (SSSR count). The Morgan fingerprint density at radius 3 is 2.19 bits per heavy atom. The number of fused-ring (bicyclic) bond motifs is 1. The molecule has 0 radical (unpaired) electrons. The first-order valence-corrected chi connectivity index (χ1v) is 7.65. The Balaban J connectivity index is 2.21. The predicted molar refractivity (Wildman–Crippen MR) is 76.0 cm³/mol. The van der Waals surface area contributed by atoms with Gasteiger partial charge in [0.25, 0.3) is 10.0 Å². The Labute approximate surface area is 121 Å². The average Bonchev–Trinajstić information content (AvgIpc) is 2.90. The Morgan fingerprint density at radius 1 is 0.905 bits per heavy atom. The SMILES string of the molecule is Cc1ccc(S(=O)(=O)n2ccc3c2C(=O)C=CC3=O)cc1. The predicted octanol–water partition coefficient (Wildman–Crippen LogP) is 1.97. The summed E-state index contributed by atoms with van der Waals surface area (Å²) >= 11 is 0. The summed E-state index contributed by atoms with van der Waals surface area (Å²) in [5.74, 6) is -0.868. The topological polar surface area (TPSA) is 73.2 Å². The quantitative estimate of drug-likeness (QED) is 0.850. The van der Waals surface area contributed by atoms with Crippen molar-refractivity contribution in [3.05, 3.63) is 65.5 Å². The zero-order valence-electron chi connectivity index (χ0n) is 11.1. The molecule has 0 amide bonds. The minimum absolute atomic E-state index is 0.0707. The van der Waals surface area contributed by atoms with E-state index in [9.17, 15) is 18.0 Å². The summed E-state index contributed by atoms with van der Waals surface area (Å²) in [6.07, 6.45) is 3.47. The van der Waals surface area contributed by atoms with Crippen LogP contribution in [0.15, 0.2) is 53.6 Å². The van der Waals surface area contributed by atoms with Crippen molar-refractivity contribution in [2.75, 3.05) is 0 Å². The number of carbonyl (C=O) groups is 2. The number of hydrogen-bond acceptors (Lipinski definition) is 4. The van der Waals surface area contributed by atoms with Crippen LogP contribution in [0.1, 0.15) is 26.4 Å². The Morgan fingerprint density at radius 2 is 1.52 bits per heavy atom. The molecular formula is C15H11NO4S. The first kappa shape index (κ1) is 13.5. The lowest BCUT2D eigenvalue weighted by molar-refractivity contribution is 0.0991. The van der Waals surface area contributed by atoms with Gasteiger partial charge in [-0.15, -0.1) is 0 Å². The first-order chi connectivity index (χ1) is 9.91. The molecule has 1 aromatic heterocycles. The molecule has 106 valence electrons. The zero-order chi connectivity index (χ0) is 15.2. The average molecular weight is 301 g/mol. The van der Waals surface area contributed by atoms with Crippen molar-refractivity contribution in [3.8, 4) is 0 Å². The standard InChI is InChI=1S/C15H11NO4S/c1-10-2-4-11(5-3-10)21(19,20)16-9-8-12-13(17)6-7-14(18)15(12)16/h2-9H,1H3. The largest absolute Gasteiger partial charge is 0.289 e. The molecule has 0 bridgehead atoms. The number of aryl methyl sites for hydroxylation is 1. The second-order valence-electron chi connectivity index (χ2n) is 4.75. The van der Waals surface area contributed by atoms with E-state index in [2.05, 4.69) is 0 Å². The highest BCUT2D eigenvalue weighted by molar-refractivity contribution is 7.90. The highest BCUT2D eigenvalue weighted by atomic mass is 32.2. The molecule has 0 spiro atoms. The minimum Gasteiger partial charge on any atom is -0.289 e. The Bertz CT molecular complexity index is 886. The maximum absolute atomic E-state index is 12.6. The van der Waals surface area contributed by atoms with Crippen LogP contribution >= 0.6 is 0 Å². The number of benzene rings is 1. The monoisotopic (exact) mass is 301 g/mol. The maximum Gasteiger partial charge on any atom is 0.268 e. The van der Waals surface area contributed by atoms with E-state index in [-0.39, 0.29) is 21.9 Å². The Kier molecular flexibility index (Phi) is 2.91. The molecule has 0 unspecified atom stereocenters. The summed E-state index contributed by atoms with van der Waals surface area (Å²) < 4.78 is 26.1. The fourth-order valence-electron chi connectivity index (χ4n) is 2.20. The van der Waals surface area contributed by atoms with Crippen molar-refractivity contribution < 1.29 is 18.0 Å². The van der Waals surface area contributed by atoms with Crippen LogP contribution in [-0.2, 0) is 10.0 Å². The molecule has 5 nitrogen and oxygen atoms in total. The number of aromatic nitrogens is 1. The van der Waals surface area contributed by atoms with E-state index >= 15 is 0 Å². The number of nitrogens with zero attached hydrogens (tertiary/aromatic N) is 1. The molecule has 1 aliphatic rings. The second kappa shape index (κ2) is 4.53. The van der Waals surface area contributed by atoms with Crippen LogP contribution in [0.5, 0.6) is 0 Å². The molecular weight excluding hydrogens is 290 g/mol. The van der Waals surface area contributed by atoms with Crippen molar-refractivity contribution in [3.63, 3.8) is 0 Å². The number of carbonyl (C=O) groups excluding carboxylic acids is 2. The molecule has 21 heavy (non-hydrogen) atoms. The van der Waals surface area contributed by atoms with E-state index < -0.39 is 15.8 Å². The van der Waals surface area contributed by atoms with E-state index in [1.807, 2.05) is 6.92 Å². The molecule has 6 heteroatoms. The zero-order valence-corrected chi connectivity index (χ0v) is 11.9. The van der Waals surface area contributed by atoms with Gasteiger partial charge in [0.05, 0.1) is 10.5 Å². The molecule has 1 aliphatic carbocycles. The number of hydrogen-bond donors (Lipinski definition) is 0. The molecule has 2 aromatic rings. The van der Waals surface area contributed by atoms with Gasteiger partial charge in [-0.3, -0.25) is 9.59 Å². The van der Waals surface area contributed by atoms with Crippen molar-refractivity contribution in [1.82, 2.24) is 3.97 Å². The fourth-order valence-corrected chi connectivity index (χ4v) is 3.56. The van der Waals surface area contributed by atoms with Crippen LogP contribution in [0, 0.1) is 6.92 Å². The van der Waals surface area contributed by atoms with Gasteiger partial charge in [-0.05, 0) is 37.3 Å². The van der Waals surface area contributed by atoms with Crippen LogP contribution in [-0.4, -0.2) is 24.0 Å². The highest BCUT2D eigenvalue weighted by Crippen LogP contribution is 2.23. The smallest absolute Gasteiger partial charge is 0.268 e. The van der Waals surface area contributed by atoms with Crippen molar-refractivity contribution in [2.24, 2.45) is 0 Å². The normalized spacial score (nSPS) is 14.3. The molecule has 0 N–H and O–H groups in total. The lowest BCUT2D eigenvalue weighted by Gasteiger charge is -2.11. The number of ketones is 2. The Hall–Kier alpha value is -2.47. The van der Waals surface area contributed by atoms with Crippen molar-refractivity contribution >= 4 is 21.6 Å². The third-order valence-corrected chi connectivity index (χ3v) is 5.00. The van der Waals surface area contributed by atoms with Gasteiger partial charge < -0.3 is 0 Å². The fraction of sp³-hybridized carbons (Fsp3) is 0.0667. The second-order valence-corrected chi connectivity index (χ2v) is 6.57. The summed E-state index contributed by atoms with van der Waals surface area (Å²) in [6, 6.07) is 7.65. The van der Waals surface area contributed by atoms with E-state index in [1.165, 1.54) is 24.4 Å². The van der Waals surface area contributed by atoms with E-state index in [0.29, 0.717) is 0 Å².